The van der Waals surface area contributed by atoms with Gasteiger partial charge in [-0.1, -0.05) is 65.0 Å². The van der Waals surface area contributed by atoms with E-state index >= 15 is 0 Å². The van der Waals surface area contributed by atoms with Crippen LogP contribution in [0, 0.1) is 51.2 Å². The highest BCUT2D eigenvalue weighted by atomic mass is 16.4. The second-order valence-corrected chi connectivity index (χ2v) is 20.8. The maximum Gasteiger partial charge on any atom is 0.335 e. The van der Waals surface area contributed by atoms with Crippen molar-refractivity contribution in [2.45, 2.75) is 131 Å². The summed E-state index contributed by atoms with van der Waals surface area (Å²) in [7, 11) is 0. The SMILES string of the molecule is C=C(C)[C@@H]1CC[C@]2(N(CCN3CCCC3)CCN3CCCC3)CC[C@]3(C)[C@H](CC[C@@H]4[C@@]5(C)CC=C(c6ccc(C(=O)O)cc6)C(C)(C)[C@@H]5CC[C@]43C)[C@@H]12. The highest BCUT2D eigenvalue weighted by Crippen LogP contribution is 2.77. The third-order valence-electron chi connectivity index (χ3n) is 18.4. The molecule has 7 aliphatic rings. The van der Waals surface area contributed by atoms with Crippen LogP contribution in [0.4, 0.5) is 0 Å². The molecule has 5 heteroatoms. The highest BCUT2D eigenvalue weighted by molar-refractivity contribution is 5.88. The van der Waals surface area contributed by atoms with E-state index in [2.05, 4.69) is 74.5 Å². The first-order chi connectivity index (χ1) is 25.2. The van der Waals surface area contributed by atoms with E-state index in [4.69, 9.17) is 6.58 Å². The van der Waals surface area contributed by atoms with Crippen LogP contribution in [-0.4, -0.2) is 83.7 Å². The van der Waals surface area contributed by atoms with Gasteiger partial charge in [-0.2, -0.15) is 0 Å². The number of aromatic carboxylic acids is 1. The van der Waals surface area contributed by atoms with Gasteiger partial charge in [0, 0.05) is 31.7 Å². The van der Waals surface area contributed by atoms with Gasteiger partial charge in [-0.15, -0.1) is 0 Å². The van der Waals surface area contributed by atoms with Gasteiger partial charge in [0.25, 0.3) is 0 Å². The minimum atomic E-state index is -0.847. The Morgan fingerprint density at radius 3 is 2.00 bits per heavy atom. The molecule has 0 unspecified atom stereocenters. The zero-order chi connectivity index (χ0) is 37.4. The number of benzene rings is 1. The van der Waals surface area contributed by atoms with Crippen molar-refractivity contribution in [2.75, 3.05) is 52.4 Å². The van der Waals surface area contributed by atoms with E-state index in [1.807, 2.05) is 0 Å². The molecule has 53 heavy (non-hydrogen) atoms. The normalized spacial score (nSPS) is 41.0. The monoisotopic (exact) mass is 724 g/mol. The zero-order valence-corrected chi connectivity index (χ0v) is 34.5. The largest absolute Gasteiger partial charge is 0.478 e. The lowest BCUT2D eigenvalue weighted by molar-refractivity contribution is -0.228. The van der Waals surface area contributed by atoms with Crippen molar-refractivity contribution in [1.29, 1.82) is 0 Å². The third-order valence-corrected chi connectivity index (χ3v) is 18.4. The van der Waals surface area contributed by atoms with Gasteiger partial charge >= 0.3 is 5.97 Å². The summed E-state index contributed by atoms with van der Waals surface area (Å²) in [5.74, 6) is 2.64. The topological polar surface area (TPSA) is 47.0 Å². The Bertz CT molecular complexity index is 1550. The molecule has 2 heterocycles. The summed E-state index contributed by atoms with van der Waals surface area (Å²) in [6.07, 6.45) is 20.1. The molecule has 1 aromatic rings. The fraction of sp³-hybridized carbons (Fsp3) is 0.771. The minimum Gasteiger partial charge on any atom is -0.478 e. The Kier molecular flexibility index (Phi) is 9.96. The standard InChI is InChI=1S/C48H73N3O2/c1-34(2)37-18-23-48(51(32-30-49-26-8-9-27-49)33-31-50-28-10-11-29-50)25-24-46(6)39(42(37)48)16-17-41-45(5)21-19-38(35-12-14-36(15-13-35)43(52)53)44(3,4)40(45)20-22-47(41,46)7/h12-15,19,37,39-42H,1,8-11,16-18,20-33H2,2-7H3,(H,52,53)/t37-,39+,40-,41+,42+,45-,46+,47+,48-/m0/s1. The van der Waals surface area contributed by atoms with E-state index in [9.17, 15) is 9.90 Å². The average molecular weight is 724 g/mol. The predicted octanol–water partition coefficient (Wildman–Crippen LogP) is 10.3. The molecule has 2 saturated heterocycles. The first-order valence-corrected chi connectivity index (χ1v) is 22.1. The van der Waals surface area contributed by atoms with Crippen LogP contribution in [0.15, 0.2) is 42.5 Å². The van der Waals surface area contributed by atoms with Gasteiger partial charge < -0.3 is 14.9 Å². The van der Waals surface area contributed by atoms with Crippen molar-refractivity contribution in [1.82, 2.24) is 14.7 Å². The molecular formula is C48H73N3O2. The van der Waals surface area contributed by atoms with Gasteiger partial charge in [-0.05, 0) is 191 Å². The van der Waals surface area contributed by atoms with Crippen LogP contribution in [0.25, 0.3) is 5.57 Å². The lowest BCUT2D eigenvalue weighted by Crippen LogP contribution is -2.68. The molecule has 292 valence electrons. The second-order valence-electron chi connectivity index (χ2n) is 20.8. The van der Waals surface area contributed by atoms with E-state index in [0.29, 0.717) is 33.8 Å². The van der Waals surface area contributed by atoms with E-state index in [1.54, 1.807) is 12.1 Å². The number of hydrogen-bond acceptors (Lipinski definition) is 4. The molecule has 0 amide bonds. The molecular weight excluding hydrogens is 651 g/mol. The summed E-state index contributed by atoms with van der Waals surface area (Å²) in [6, 6.07) is 7.72. The summed E-state index contributed by atoms with van der Waals surface area (Å²) in [5, 5.41) is 9.55. The van der Waals surface area contributed by atoms with Crippen LogP contribution >= 0.6 is 0 Å². The van der Waals surface area contributed by atoms with E-state index < -0.39 is 5.97 Å². The molecule has 4 saturated carbocycles. The van der Waals surface area contributed by atoms with Gasteiger partial charge in [0.1, 0.15) is 0 Å². The van der Waals surface area contributed by atoms with Crippen molar-refractivity contribution < 1.29 is 9.90 Å². The molecule has 0 aromatic heterocycles. The molecule has 1 aromatic carbocycles. The van der Waals surface area contributed by atoms with Gasteiger partial charge in [0.05, 0.1) is 5.56 Å². The summed E-state index contributed by atoms with van der Waals surface area (Å²) in [6.45, 7) is 30.7. The first-order valence-electron chi connectivity index (χ1n) is 22.1. The molecule has 2 aliphatic heterocycles. The Morgan fingerprint density at radius 1 is 0.792 bits per heavy atom. The third kappa shape index (κ3) is 5.98. The van der Waals surface area contributed by atoms with Crippen molar-refractivity contribution in [3.63, 3.8) is 0 Å². The van der Waals surface area contributed by atoms with Gasteiger partial charge in [0.2, 0.25) is 0 Å². The summed E-state index contributed by atoms with van der Waals surface area (Å²) >= 11 is 0. The summed E-state index contributed by atoms with van der Waals surface area (Å²) < 4.78 is 0. The second kappa shape index (κ2) is 13.9. The van der Waals surface area contributed by atoms with E-state index in [1.165, 1.54) is 146 Å². The van der Waals surface area contributed by atoms with Gasteiger partial charge in [-0.25, -0.2) is 4.79 Å². The molecule has 0 bridgehead atoms. The minimum absolute atomic E-state index is 0.0419. The van der Waals surface area contributed by atoms with Crippen LogP contribution < -0.4 is 0 Å². The molecule has 6 fully saturated rings. The molecule has 9 atom stereocenters. The number of carboxylic acid groups (broad SMARTS) is 1. The van der Waals surface area contributed by atoms with Crippen LogP contribution in [0.1, 0.15) is 141 Å². The summed E-state index contributed by atoms with van der Waals surface area (Å²) in [5.41, 5.74) is 5.78. The number of allylic oxidation sites excluding steroid dienone is 3. The Hall–Kier alpha value is -1.95. The quantitative estimate of drug-likeness (QED) is 0.244. The Balaban J connectivity index is 1.10. The first kappa shape index (κ1) is 37.9. The molecule has 5 aliphatic carbocycles. The highest BCUT2D eigenvalue weighted by Gasteiger charge is 2.71. The van der Waals surface area contributed by atoms with Gasteiger partial charge in [0.15, 0.2) is 0 Å². The summed E-state index contributed by atoms with van der Waals surface area (Å²) in [4.78, 5) is 20.3. The molecule has 0 spiro atoms. The molecule has 8 rings (SSSR count). The zero-order valence-electron chi connectivity index (χ0n) is 34.5. The van der Waals surface area contributed by atoms with E-state index in [-0.39, 0.29) is 10.8 Å². The molecule has 0 radical (unpaired) electrons. The van der Waals surface area contributed by atoms with Crippen LogP contribution in [0.5, 0.6) is 0 Å². The molecule has 5 nitrogen and oxygen atoms in total. The number of nitrogens with zero attached hydrogens (tertiary/aromatic N) is 3. The number of carbonyl (C=O) groups is 1. The van der Waals surface area contributed by atoms with Crippen molar-refractivity contribution >= 4 is 11.5 Å². The van der Waals surface area contributed by atoms with Crippen molar-refractivity contribution in [3.8, 4) is 0 Å². The maximum atomic E-state index is 11.6. The van der Waals surface area contributed by atoms with Gasteiger partial charge in [-0.3, -0.25) is 4.90 Å². The predicted molar refractivity (Wildman–Crippen MR) is 219 cm³/mol. The average Bonchev–Trinajstić information content (AvgIpc) is 3.91. The Labute approximate surface area is 323 Å². The number of rotatable bonds is 10. The fourth-order valence-corrected chi connectivity index (χ4v) is 15.6. The van der Waals surface area contributed by atoms with Crippen molar-refractivity contribution in [2.24, 2.45) is 51.2 Å². The lowest BCUT2D eigenvalue weighted by atomic mass is 9.33. The lowest BCUT2D eigenvalue weighted by Gasteiger charge is -2.73. The van der Waals surface area contributed by atoms with E-state index in [0.717, 1.165) is 24.2 Å². The molecule has 1 N–H and O–H groups in total. The number of likely N-dealkylation sites (tertiary alicyclic amines) is 2. The number of carboxylic acids is 1. The van der Waals surface area contributed by atoms with Crippen molar-refractivity contribution in [3.05, 3.63) is 53.6 Å². The number of fused-ring (bicyclic) bond motifs is 7. The van der Waals surface area contributed by atoms with Crippen LogP contribution in [-0.2, 0) is 0 Å². The Morgan fingerprint density at radius 2 is 1.42 bits per heavy atom. The number of hydrogen-bond donors (Lipinski definition) is 1. The maximum absolute atomic E-state index is 11.6. The van der Waals surface area contributed by atoms with Crippen LogP contribution in [0.3, 0.4) is 0 Å². The van der Waals surface area contributed by atoms with Crippen LogP contribution in [0.2, 0.25) is 0 Å². The fourth-order valence-electron chi connectivity index (χ4n) is 15.6. The smallest absolute Gasteiger partial charge is 0.335 e.